The summed E-state index contributed by atoms with van der Waals surface area (Å²) in [6.45, 7) is 8.51. The highest BCUT2D eigenvalue weighted by atomic mass is 16.4. The third-order valence-corrected chi connectivity index (χ3v) is 10.3. The van der Waals surface area contributed by atoms with Crippen molar-refractivity contribution in [1.29, 1.82) is 0 Å². The molecule has 4 nitrogen and oxygen atoms in total. The van der Waals surface area contributed by atoms with E-state index in [1.165, 1.54) is 51.4 Å². The Morgan fingerprint density at radius 1 is 1.17 bits per heavy atom. The molecule has 8 atom stereocenters. The van der Waals surface area contributed by atoms with Gasteiger partial charge in [-0.1, -0.05) is 27.2 Å². The van der Waals surface area contributed by atoms with E-state index >= 15 is 0 Å². The molecular weight excluding hydrogens is 374 g/mol. The molecule has 4 heteroatoms. The van der Waals surface area contributed by atoms with Gasteiger partial charge in [0.25, 0.3) is 0 Å². The Kier molecular flexibility index (Phi) is 7.93. The average Bonchev–Trinajstić information content (AvgIpc) is 3.05. The second-order valence-electron chi connectivity index (χ2n) is 11.5. The van der Waals surface area contributed by atoms with E-state index in [-0.39, 0.29) is 12.0 Å². The van der Waals surface area contributed by atoms with Crippen LogP contribution < -0.4 is 10.4 Å². The molecule has 0 aliphatic heterocycles. The molecule has 3 rings (SSSR count). The van der Waals surface area contributed by atoms with Gasteiger partial charge in [-0.05, 0) is 118 Å². The molecule has 3 N–H and O–H groups in total. The largest absolute Gasteiger partial charge is 0.854 e. The minimum Gasteiger partial charge on any atom is -0.854 e. The van der Waals surface area contributed by atoms with Gasteiger partial charge in [-0.3, -0.25) is 0 Å². The van der Waals surface area contributed by atoms with E-state index in [0.29, 0.717) is 29.6 Å². The summed E-state index contributed by atoms with van der Waals surface area (Å²) in [5.41, 5.74) is 0.615. The van der Waals surface area contributed by atoms with Crippen LogP contribution in [0.5, 0.6) is 0 Å². The van der Waals surface area contributed by atoms with Crippen molar-refractivity contribution >= 4 is 5.97 Å². The van der Waals surface area contributed by atoms with Crippen LogP contribution in [0.25, 0.3) is 0 Å². The van der Waals surface area contributed by atoms with Gasteiger partial charge in [-0.2, -0.15) is 0 Å². The van der Waals surface area contributed by atoms with Crippen molar-refractivity contribution in [2.75, 3.05) is 20.2 Å². The summed E-state index contributed by atoms with van der Waals surface area (Å²) in [5, 5.41) is 24.4. The SMILES string of the molecule is CNCCC[C@H]1CC[C@H]2C3CCC(C(C)CCC(O)=[OH+])[C@@]3(C)CCC2[C@@]1(C)CC[O-]. The molecule has 0 bridgehead atoms. The van der Waals surface area contributed by atoms with E-state index < -0.39 is 5.97 Å². The second-order valence-corrected chi connectivity index (χ2v) is 11.5. The molecule has 0 saturated heterocycles. The fourth-order valence-electron chi connectivity index (χ4n) is 8.68. The Balaban J connectivity index is 1.75. The molecule has 30 heavy (non-hydrogen) atoms. The van der Waals surface area contributed by atoms with Gasteiger partial charge in [0, 0.05) is 0 Å². The Labute approximate surface area is 184 Å². The maximum Gasteiger partial charge on any atom is 0.480 e. The quantitative estimate of drug-likeness (QED) is 0.397. The Bertz CT molecular complexity index is 581. The van der Waals surface area contributed by atoms with Gasteiger partial charge in [0.05, 0.1) is 0 Å². The van der Waals surface area contributed by atoms with Crippen LogP contribution in [0.2, 0.25) is 0 Å². The molecule has 3 aliphatic carbocycles. The summed E-state index contributed by atoms with van der Waals surface area (Å²) < 4.78 is 0. The monoisotopic (exact) mass is 421 g/mol. The molecule has 3 saturated carbocycles. The molecule has 0 amide bonds. The predicted octanol–water partition coefficient (Wildman–Crippen LogP) is 4.69. The zero-order valence-corrected chi connectivity index (χ0v) is 20.0. The normalized spacial score (nSPS) is 41.8. The molecule has 0 aromatic rings. The molecule has 0 aromatic heterocycles. The number of nitrogens with one attached hydrogen (secondary N) is 1. The number of carboxylic acids is 1. The van der Waals surface area contributed by atoms with Gasteiger partial charge < -0.3 is 20.3 Å². The summed E-state index contributed by atoms with van der Waals surface area (Å²) in [7, 11) is 2.03. The van der Waals surface area contributed by atoms with Crippen molar-refractivity contribution in [3.63, 3.8) is 0 Å². The summed E-state index contributed by atoms with van der Waals surface area (Å²) >= 11 is 0. The predicted molar refractivity (Wildman–Crippen MR) is 122 cm³/mol. The molecular formula is C26H47NO3. The van der Waals surface area contributed by atoms with E-state index in [1.54, 1.807) is 0 Å². The van der Waals surface area contributed by atoms with Crippen molar-refractivity contribution in [1.82, 2.24) is 5.32 Å². The minimum atomic E-state index is -0.407. The van der Waals surface area contributed by atoms with Crippen LogP contribution in [0.1, 0.15) is 91.4 Å². The molecule has 3 aliphatic rings. The van der Waals surface area contributed by atoms with Crippen LogP contribution in [0.4, 0.5) is 0 Å². The highest BCUT2D eigenvalue weighted by Crippen LogP contribution is 2.67. The van der Waals surface area contributed by atoms with Crippen molar-refractivity contribution in [3.05, 3.63) is 0 Å². The fourth-order valence-corrected chi connectivity index (χ4v) is 8.68. The number of aliphatic hydroxyl groups excluding tert-OH is 1. The van der Waals surface area contributed by atoms with Crippen LogP contribution in [-0.4, -0.2) is 36.1 Å². The maximum atomic E-state index is 11.9. The van der Waals surface area contributed by atoms with Gasteiger partial charge in [0.1, 0.15) is 6.42 Å². The lowest BCUT2D eigenvalue weighted by molar-refractivity contribution is -0.375. The van der Waals surface area contributed by atoms with Gasteiger partial charge in [-0.25, -0.2) is 0 Å². The lowest BCUT2D eigenvalue weighted by Gasteiger charge is -2.60. The van der Waals surface area contributed by atoms with Gasteiger partial charge in [0.2, 0.25) is 0 Å². The van der Waals surface area contributed by atoms with Gasteiger partial charge in [0.15, 0.2) is 0 Å². The van der Waals surface area contributed by atoms with Crippen molar-refractivity contribution < 1.29 is 15.0 Å². The molecule has 0 aromatic carbocycles. The lowest BCUT2D eigenvalue weighted by Crippen LogP contribution is -2.53. The minimum absolute atomic E-state index is 0.0744. The van der Waals surface area contributed by atoms with Crippen molar-refractivity contribution in [2.24, 2.45) is 46.3 Å². The maximum absolute atomic E-state index is 11.9. The van der Waals surface area contributed by atoms with E-state index in [2.05, 4.69) is 26.1 Å². The number of hydrogen-bond donors (Lipinski definition) is 2. The first-order valence-electron chi connectivity index (χ1n) is 12.7. The summed E-state index contributed by atoms with van der Waals surface area (Å²) in [6, 6.07) is 0. The highest BCUT2D eigenvalue weighted by Gasteiger charge is 2.59. The first-order valence-corrected chi connectivity index (χ1v) is 12.7. The van der Waals surface area contributed by atoms with E-state index in [0.717, 1.165) is 37.1 Å². The molecule has 4 unspecified atom stereocenters. The first-order chi connectivity index (χ1) is 14.3. The van der Waals surface area contributed by atoms with Gasteiger partial charge in [-0.15, -0.1) is 6.61 Å². The number of rotatable bonds is 10. The van der Waals surface area contributed by atoms with Crippen LogP contribution in [0, 0.1) is 46.3 Å². The Hall–Kier alpha value is -0.610. The average molecular weight is 422 g/mol. The molecule has 0 heterocycles. The second kappa shape index (κ2) is 9.90. The number of hydrogen-bond acceptors (Lipinski definition) is 2. The standard InChI is InChI=1S/C26H46NO3/c1-18(7-12-24(29)30)21-10-11-22-20-9-8-19(6-5-16-27-4)25(2,15-17-28)23(20)13-14-26(21,22)3/h18-23,27H,5-17H2,1-4H3,(H,29,30)/q-1/p+1/t18?,19-,20-,21?,22?,23?,25-,26+/m0/s1. The topological polar surface area (TPSA) is 76.7 Å². The fraction of sp³-hybridized carbons (Fsp3) is 0.962. The van der Waals surface area contributed by atoms with Crippen LogP contribution >= 0.6 is 0 Å². The summed E-state index contributed by atoms with van der Waals surface area (Å²) in [5.74, 6) is 3.84. The highest BCUT2D eigenvalue weighted by molar-refractivity contribution is 5.67. The number of aliphatic carboxylic acids is 1. The Morgan fingerprint density at radius 3 is 2.60 bits per heavy atom. The molecule has 3 fully saturated rings. The number of carboxylic acid groups (broad SMARTS) is 1. The lowest BCUT2D eigenvalue weighted by atomic mass is 9.45. The third kappa shape index (κ3) is 4.46. The third-order valence-electron chi connectivity index (χ3n) is 10.3. The number of fused-ring (bicyclic) bond motifs is 3. The summed E-state index contributed by atoms with van der Waals surface area (Å²) in [6.07, 6.45) is 12.5. The van der Waals surface area contributed by atoms with E-state index in [1.807, 2.05) is 7.05 Å². The smallest absolute Gasteiger partial charge is 0.480 e. The van der Waals surface area contributed by atoms with Crippen LogP contribution in [0.15, 0.2) is 0 Å². The molecule has 0 spiro atoms. The van der Waals surface area contributed by atoms with Crippen molar-refractivity contribution in [2.45, 2.75) is 91.4 Å². The zero-order valence-electron chi connectivity index (χ0n) is 20.0. The molecule has 174 valence electrons. The van der Waals surface area contributed by atoms with Gasteiger partial charge >= 0.3 is 5.97 Å². The van der Waals surface area contributed by atoms with E-state index in [9.17, 15) is 15.0 Å². The van der Waals surface area contributed by atoms with Crippen LogP contribution in [-0.2, 0) is 0 Å². The Morgan fingerprint density at radius 2 is 1.93 bits per heavy atom. The van der Waals surface area contributed by atoms with Crippen molar-refractivity contribution in [3.8, 4) is 0 Å². The van der Waals surface area contributed by atoms with E-state index in [4.69, 9.17) is 0 Å². The van der Waals surface area contributed by atoms with Crippen LogP contribution in [0.3, 0.4) is 0 Å². The zero-order chi connectivity index (χ0) is 21.9. The molecule has 0 radical (unpaired) electrons. The summed E-state index contributed by atoms with van der Waals surface area (Å²) in [4.78, 5) is 9.25. The first kappa shape index (κ1) is 24.0.